The number of rotatable bonds is 7. The van der Waals surface area contributed by atoms with E-state index in [0.29, 0.717) is 6.61 Å². The van der Waals surface area contributed by atoms with E-state index in [4.69, 9.17) is 4.74 Å². The number of hydrogen-bond acceptors (Lipinski definition) is 3. The molecule has 1 atom stereocenters. The number of hydrogen-bond donors (Lipinski definition) is 1. The molecule has 114 valence electrons. The monoisotopic (exact) mass is 431 g/mol. The third-order valence-corrected chi connectivity index (χ3v) is 5.25. The number of halogens is 2. The van der Waals surface area contributed by atoms with Crippen molar-refractivity contribution in [1.29, 1.82) is 0 Å². The molecule has 2 rings (SSSR count). The van der Waals surface area contributed by atoms with Crippen molar-refractivity contribution in [3.8, 4) is 5.75 Å². The average Bonchev–Trinajstić information content (AvgIpc) is 2.89. The standard InChI is InChI=1S/C16H19Br2NOS/c1-3-7-19-16(12-9-15(18)21-10-12)11-5-6-14(20-4-2)13(17)8-11/h5-6,8-10,16,19H,3-4,7H2,1-2H3. The van der Waals surface area contributed by atoms with E-state index < -0.39 is 0 Å². The maximum atomic E-state index is 5.59. The first-order valence-corrected chi connectivity index (χ1v) is 9.51. The Morgan fingerprint density at radius 2 is 2.00 bits per heavy atom. The van der Waals surface area contributed by atoms with Crippen LogP contribution in [-0.2, 0) is 0 Å². The highest BCUT2D eigenvalue weighted by Crippen LogP contribution is 2.33. The summed E-state index contributed by atoms with van der Waals surface area (Å²) in [4.78, 5) is 0. The van der Waals surface area contributed by atoms with Crippen molar-refractivity contribution in [3.05, 3.63) is 49.0 Å². The minimum atomic E-state index is 0.208. The molecule has 0 saturated heterocycles. The van der Waals surface area contributed by atoms with Gasteiger partial charge in [0.15, 0.2) is 0 Å². The smallest absolute Gasteiger partial charge is 0.133 e. The maximum absolute atomic E-state index is 5.59. The second-order valence-electron chi connectivity index (χ2n) is 4.69. The van der Waals surface area contributed by atoms with Crippen LogP contribution in [0, 0.1) is 0 Å². The highest BCUT2D eigenvalue weighted by atomic mass is 79.9. The first-order chi connectivity index (χ1) is 10.2. The van der Waals surface area contributed by atoms with Gasteiger partial charge in [-0.05, 0) is 86.5 Å². The lowest BCUT2D eigenvalue weighted by atomic mass is 10.0. The zero-order chi connectivity index (χ0) is 15.2. The third kappa shape index (κ3) is 4.55. The van der Waals surface area contributed by atoms with Gasteiger partial charge in [-0.25, -0.2) is 0 Å². The molecule has 1 heterocycles. The molecule has 2 aromatic rings. The van der Waals surface area contributed by atoms with Crippen LogP contribution >= 0.6 is 43.2 Å². The summed E-state index contributed by atoms with van der Waals surface area (Å²) in [6.45, 7) is 5.84. The summed E-state index contributed by atoms with van der Waals surface area (Å²) >= 11 is 8.87. The van der Waals surface area contributed by atoms with E-state index in [2.05, 4.69) is 67.7 Å². The van der Waals surface area contributed by atoms with Crippen molar-refractivity contribution in [3.63, 3.8) is 0 Å². The van der Waals surface area contributed by atoms with Crippen LogP contribution in [0.2, 0.25) is 0 Å². The molecule has 0 amide bonds. The third-order valence-electron chi connectivity index (χ3n) is 3.11. The molecule has 0 aliphatic carbocycles. The van der Waals surface area contributed by atoms with Crippen LogP contribution in [0.15, 0.2) is 37.9 Å². The van der Waals surface area contributed by atoms with E-state index in [-0.39, 0.29) is 6.04 Å². The molecule has 1 N–H and O–H groups in total. The first kappa shape index (κ1) is 17.0. The van der Waals surface area contributed by atoms with Crippen LogP contribution in [0.5, 0.6) is 5.75 Å². The first-order valence-electron chi connectivity index (χ1n) is 7.05. The molecule has 0 aliphatic heterocycles. The van der Waals surface area contributed by atoms with Crippen molar-refractivity contribution >= 4 is 43.2 Å². The minimum Gasteiger partial charge on any atom is -0.493 e. The fourth-order valence-corrected chi connectivity index (χ4v) is 3.87. The van der Waals surface area contributed by atoms with E-state index in [1.165, 1.54) is 11.1 Å². The molecule has 2 nitrogen and oxygen atoms in total. The Morgan fingerprint density at radius 1 is 1.19 bits per heavy atom. The summed E-state index contributed by atoms with van der Waals surface area (Å²) in [5.41, 5.74) is 2.53. The van der Waals surface area contributed by atoms with Crippen LogP contribution in [0.4, 0.5) is 0 Å². The van der Waals surface area contributed by atoms with Crippen molar-refractivity contribution in [2.75, 3.05) is 13.2 Å². The largest absolute Gasteiger partial charge is 0.493 e. The molecular weight excluding hydrogens is 414 g/mol. The van der Waals surface area contributed by atoms with Crippen LogP contribution in [0.3, 0.4) is 0 Å². The van der Waals surface area contributed by atoms with E-state index >= 15 is 0 Å². The maximum Gasteiger partial charge on any atom is 0.133 e. The predicted octanol–water partition coefficient (Wildman–Crippen LogP) is 5.76. The van der Waals surface area contributed by atoms with Crippen molar-refractivity contribution in [1.82, 2.24) is 5.32 Å². The molecule has 0 spiro atoms. The molecule has 21 heavy (non-hydrogen) atoms. The van der Waals surface area contributed by atoms with Crippen LogP contribution in [0.25, 0.3) is 0 Å². The molecule has 0 saturated carbocycles. The Hall–Kier alpha value is -0.360. The molecule has 0 aliphatic rings. The van der Waals surface area contributed by atoms with E-state index in [9.17, 15) is 0 Å². The molecule has 1 unspecified atom stereocenters. The molecule has 0 fully saturated rings. The highest BCUT2D eigenvalue weighted by Gasteiger charge is 2.16. The zero-order valence-corrected chi connectivity index (χ0v) is 16.1. The van der Waals surface area contributed by atoms with Gasteiger partial charge in [0.05, 0.1) is 20.9 Å². The summed E-state index contributed by atoms with van der Waals surface area (Å²) in [6, 6.07) is 8.70. The van der Waals surface area contributed by atoms with E-state index in [0.717, 1.165) is 27.0 Å². The normalized spacial score (nSPS) is 12.4. The van der Waals surface area contributed by atoms with Crippen LogP contribution in [-0.4, -0.2) is 13.2 Å². The van der Waals surface area contributed by atoms with E-state index in [1.807, 2.05) is 13.0 Å². The van der Waals surface area contributed by atoms with Gasteiger partial charge in [0.2, 0.25) is 0 Å². The number of thiophene rings is 1. The van der Waals surface area contributed by atoms with Gasteiger partial charge in [-0.15, -0.1) is 11.3 Å². The number of benzene rings is 1. The van der Waals surface area contributed by atoms with Gasteiger partial charge < -0.3 is 10.1 Å². The summed E-state index contributed by atoms with van der Waals surface area (Å²) in [6.07, 6.45) is 1.11. The molecule has 5 heteroatoms. The number of ether oxygens (including phenoxy) is 1. The summed E-state index contributed by atoms with van der Waals surface area (Å²) < 4.78 is 7.75. The second kappa shape index (κ2) is 8.32. The van der Waals surface area contributed by atoms with Gasteiger partial charge in [-0.1, -0.05) is 13.0 Å². The van der Waals surface area contributed by atoms with Gasteiger partial charge in [0.25, 0.3) is 0 Å². The Balaban J connectivity index is 2.30. The van der Waals surface area contributed by atoms with Gasteiger partial charge in [-0.3, -0.25) is 0 Å². The summed E-state index contributed by atoms with van der Waals surface area (Å²) in [7, 11) is 0. The molecular formula is C16H19Br2NOS. The Kier molecular flexibility index (Phi) is 6.74. The van der Waals surface area contributed by atoms with Crippen LogP contribution < -0.4 is 10.1 Å². The Morgan fingerprint density at radius 3 is 2.57 bits per heavy atom. The molecule has 1 aromatic heterocycles. The lowest BCUT2D eigenvalue weighted by molar-refractivity contribution is 0.338. The number of nitrogens with one attached hydrogen (secondary N) is 1. The Labute approximate surface area is 147 Å². The fourth-order valence-electron chi connectivity index (χ4n) is 2.16. The van der Waals surface area contributed by atoms with Crippen molar-refractivity contribution < 1.29 is 4.74 Å². The van der Waals surface area contributed by atoms with Gasteiger partial charge in [0.1, 0.15) is 5.75 Å². The van der Waals surface area contributed by atoms with Crippen molar-refractivity contribution in [2.45, 2.75) is 26.3 Å². The predicted molar refractivity (Wildman–Crippen MR) is 97.5 cm³/mol. The van der Waals surface area contributed by atoms with E-state index in [1.54, 1.807) is 11.3 Å². The molecule has 1 aromatic carbocycles. The van der Waals surface area contributed by atoms with Gasteiger partial charge in [-0.2, -0.15) is 0 Å². The Bertz CT molecular complexity index is 585. The highest BCUT2D eigenvalue weighted by molar-refractivity contribution is 9.11. The SMILES string of the molecule is CCCNC(c1csc(Br)c1)c1ccc(OCC)c(Br)c1. The summed E-state index contributed by atoms with van der Waals surface area (Å²) in [5.74, 6) is 0.891. The lowest BCUT2D eigenvalue weighted by Gasteiger charge is -2.19. The van der Waals surface area contributed by atoms with Gasteiger partial charge in [0, 0.05) is 0 Å². The average molecular weight is 433 g/mol. The second-order valence-corrected chi connectivity index (χ2v) is 7.84. The van der Waals surface area contributed by atoms with Crippen molar-refractivity contribution in [2.24, 2.45) is 0 Å². The van der Waals surface area contributed by atoms with Gasteiger partial charge >= 0.3 is 0 Å². The topological polar surface area (TPSA) is 21.3 Å². The van der Waals surface area contributed by atoms with Crippen LogP contribution in [0.1, 0.15) is 37.4 Å². The zero-order valence-electron chi connectivity index (χ0n) is 12.2. The quantitative estimate of drug-likeness (QED) is 0.600. The fraction of sp³-hybridized carbons (Fsp3) is 0.375. The summed E-state index contributed by atoms with van der Waals surface area (Å²) in [5, 5.41) is 5.81. The molecule has 0 radical (unpaired) electrons. The molecule has 0 bridgehead atoms. The minimum absolute atomic E-state index is 0.208. The lowest BCUT2D eigenvalue weighted by Crippen LogP contribution is -2.22.